The third-order valence-corrected chi connectivity index (χ3v) is 17.4. The van der Waals surface area contributed by atoms with Gasteiger partial charge in [0.25, 0.3) is 46.9 Å². The summed E-state index contributed by atoms with van der Waals surface area (Å²) < 4.78 is 123. The van der Waals surface area contributed by atoms with Crippen molar-refractivity contribution in [2.45, 2.75) is 115 Å². The average molecular weight is 993 g/mol. The Balaban J connectivity index is 1.59. The van der Waals surface area contributed by atoms with E-state index in [4.69, 9.17) is 9.26 Å². The molecular weight excluding hydrogens is 947 g/mol. The highest BCUT2D eigenvalue weighted by Crippen LogP contribution is 2.70. The molecule has 348 valence electrons. The molecule has 0 saturated carbocycles. The van der Waals surface area contributed by atoms with E-state index in [1.54, 1.807) is 4.68 Å². The van der Waals surface area contributed by atoms with Crippen molar-refractivity contribution in [3.05, 3.63) is 11.9 Å². The summed E-state index contributed by atoms with van der Waals surface area (Å²) in [5, 5.41) is 17.9. The highest BCUT2D eigenvalue weighted by atomic mass is 31.3. The Kier molecular flexibility index (Phi) is 23.3. The number of nitrogens with zero attached hydrogens (tertiary/aromatic N) is 3. The van der Waals surface area contributed by atoms with Gasteiger partial charge in [0.2, 0.25) is 0 Å². The number of hydrogen-bond donors (Lipinski definition) is 2. The zero-order chi connectivity index (χ0) is 44.6. The maximum Gasteiger partial charge on any atom is 0.471 e. The van der Waals surface area contributed by atoms with Gasteiger partial charge in [0, 0.05) is 26.3 Å². The smallest absolute Gasteiger partial charge is 0.471 e. The van der Waals surface area contributed by atoms with E-state index in [-0.39, 0.29) is 19.4 Å². The number of aromatic nitrogens is 3. The van der Waals surface area contributed by atoms with Crippen molar-refractivity contribution in [3.8, 4) is 0 Å². The van der Waals surface area contributed by atoms with Crippen LogP contribution in [0.15, 0.2) is 6.20 Å². The quantitative estimate of drug-likeness (QED) is 0.0741. The molecule has 8 unspecified atom stereocenters. The van der Waals surface area contributed by atoms with Crippen LogP contribution in [0.1, 0.15) is 89.7 Å². The number of ether oxygens (including phenoxy) is 1. The molecule has 0 aromatic carbocycles. The van der Waals surface area contributed by atoms with E-state index in [9.17, 15) is 71.3 Å². The van der Waals surface area contributed by atoms with Crippen molar-refractivity contribution < 1.29 is 116 Å². The van der Waals surface area contributed by atoms with E-state index in [1.165, 1.54) is 6.92 Å². The maximum atomic E-state index is 11.9. The molecule has 10 atom stereocenters. The van der Waals surface area contributed by atoms with Gasteiger partial charge in [0.15, 0.2) is 0 Å². The Bertz CT molecular complexity index is 1780. The lowest BCUT2D eigenvalue weighted by Gasteiger charge is -2.38. The highest BCUT2D eigenvalue weighted by molar-refractivity contribution is 7.71. The Morgan fingerprint density at radius 1 is 0.678 bits per heavy atom. The molecule has 59 heavy (non-hydrogen) atoms. The van der Waals surface area contributed by atoms with Gasteiger partial charge in [-0.2, -0.15) is 0 Å². The first kappa shape index (κ1) is 55.2. The molecule has 2 heterocycles. The van der Waals surface area contributed by atoms with Crippen molar-refractivity contribution in [2.24, 2.45) is 0 Å². The maximum absolute atomic E-state index is 11.9. The lowest BCUT2D eigenvalue weighted by molar-refractivity contribution is -0.256. The van der Waals surface area contributed by atoms with Crippen LogP contribution >= 0.6 is 54.8 Å². The van der Waals surface area contributed by atoms with Crippen molar-refractivity contribution >= 4 is 54.8 Å². The fourth-order valence-corrected chi connectivity index (χ4v) is 12.9. The van der Waals surface area contributed by atoms with Gasteiger partial charge >= 0.3 is 7.82 Å². The summed E-state index contributed by atoms with van der Waals surface area (Å²) in [4.78, 5) is 80.2. The topological polar surface area (TPSA) is 421 Å². The zero-order valence-electron chi connectivity index (χ0n) is 31.6. The predicted molar refractivity (Wildman–Crippen MR) is 185 cm³/mol. The van der Waals surface area contributed by atoms with Gasteiger partial charge in [-0.3, -0.25) is 41.1 Å². The number of phosphoric ester groups is 3. The van der Waals surface area contributed by atoms with Gasteiger partial charge in [-0.15, -0.1) is 5.10 Å². The molecule has 0 amide bonds. The van der Waals surface area contributed by atoms with Crippen LogP contribution in [0.25, 0.3) is 0 Å². The third kappa shape index (κ3) is 25.2. The van der Waals surface area contributed by atoms with Gasteiger partial charge in [-0.25, -0.2) is 26.1 Å². The fourth-order valence-electron chi connectivity index (χ4n) is 4.96. The largest absolute Gasteiger partial charge is 0.756 e. The Morgan fingerprint density at radius 3 is 1.61 bits per heavy atom. The molecule has 1 aliphatic heterocycles. The molecular formula is C24H46N3O25P7-6. The summed E-state index contributed by atoms with van der Waals surface area (Å²) >= 11 is 0. The number of hydrogen-bond acceptors (Lipinski definition) is 26. The number of aliphatic hydroxyl groups excluding tert-OH is 1. The summed E-state index contributed by atoms with van der Waals surface area (Å²) in [7, 11) is -41.5. The summed E-state index contributed by atoms with van der Waals surface area (Å²) in [6.07, 6.45) is 7.32. The molecule has 28 nitrogen and oxygen atoms in total. The number of phosphoric acid groups is 7. The van der Waals surface area contributed by atoms with Crippen molar-refractivity contribution in [1.82, 2.24) is 15.0 Å². The standard InChI is InChI=1S/C24H52N3O25P7/c1-21-18-23(28)24(47-21)20-46-55(33,34)49-57(37,38)51-59(41,42)52-58(39,40)50-56(35,36)48-54(31,32)45-16-12-9-7-5-3-4-6-8-11-15-27-19-22(25-26-27)14-10-13-17-44-53(29,30)43-2/h19,21,23-24,28H,3-18,20H2,1-2H3,(H,29,30)(H,31,32)(H,33,34)(H,35,36)(H,37,38)(H,39,40)(H,41,42)/p-6/t21-,23?,24+/m0/s1. The fraction of sp³-hybridized carbons (Fsp3) is 0.917. The van der Waals surface area contributed by atoms with Crippen molar-refractivity contribution in [1.29, 1.82) is 0 Å². The van der Waals surface area contributed by atoms with Gasteiger partial charge in [0.05, 0.1) is 37.7 Å². The normalized spacial score (nSPS) is 24.5. The van der Waals surface area contributed by atoms with Gasteiger partial charge in [-0.1, -0.05) is 50.2 Å². The van der Waals surface area contributed by atoms with Crippen LogP contribution in [0.4, 0.5) is 0 Å². The summed E-state index contributed by atoms with van der Waals surface area (Å²) in [5.74, 6) is 0. The molecule has 0 spiro atoms. The average Bonchev–Trinajstić information content (AvgIpc) is 3.65. The van der Waals surface area contributed by atoms with Crippen LogP contribution < -0.4 is 29.4 Å². The first-order valence-electron chi connectivity index (χ1n) is 17.6. The van der Waals surface area contributed by atoms with Crippen LogP contribution in [0.3, 0.4) is 0 Å². The van der Waals surface area contributed by atoms with Crippen LogP contribution in [-0.2, 0) is 89.3 Å². The molecule has 0 radical (unpaired) electrons. The number of rotatable bonds is 33. The van der Waals surface area contributed by atoms with Gasteiger partial charge in [-0.05, 0) is 39.0 Å². The van der Waals surface area contributed by atoms with Gasteiger partial charge < -0.3 is 53.1 Å². The molecule has 1 aliphatic rings. The Hall–Kier alpha value is 0.0300. The van der Waals surface area contributed by atoms with E-state index in [1.807, 2.05) is 6.20 Å². The second-order valence-corrected chi connectivity index (χ2v) is 23.3. The third-order valence-electron chi connectivity index (χ3n) is 7.49. The van der Waals surface area contributed by atoms with E-state index in [0.717, 1.165) is 51.3 Å². The zero-order valence-corrected chi connectivity index (χ0v) is 37.8. The van der Waals surface area contributed by atoms with E-state index in [0.29, 0.717) is 38.6 Å². The van der Waals surface area contributed by atoms with Crippen LogP contribution in [0.5, 0.6) is 0 Å². The van der Waals surface area contributed by atoms with Crippen LogP contribution in [-0.4, -0.2) is 70.2 Å². The summed E-state index contributed by atoms with van der Waals surface area (Å²) in [6, 6.07) is 0. The van der Waals surface area contributed by atoms with Gasteiger partial charge in [0.1, 0.15) is 6.10 Å². The first-order chi connectivity index (χ1) is 27.1. The molecule has 2 rings (SSSR count). The SMILES string of the molecule is COP(=O)(O)OCCCCc1cn(CCCCCCCCCCCOP(=O)([O-])OP(=O)([O-])OP(=O)([O-])OP(=O)([O-])OP(=O)([O-])OP(=O)([O-])OC[C@H]2O[C@@H](C)CC2O)nn1. The van der Waals surface area contributed by atoms with Crippen molar-refractivity contribution in [3.63, 3.8) is 0 Å². The molecule has 1 aromatic rings. The molecule has 35 heteroatoms. The van der Waals surface area contributed by atoms with E-state index >= 15 is 0 Å². The summed E-state index contributed by atoms with van der Waals surface area (Å²) in [6.45, 7) is 0.674. The minimum absolute atomic E-state index is 0.0651. The highest BCUT2D eigenvalue weighted by Gasteiger charge is 2.35. The Labute approximate surface area is 339 Å². The van der Waals surface area contributed by atoms with E-state index in [2.05, 4.69) is 45.4 Å². The minimum Gasteiger partial charge on any atom is -0.756 e. The van der Waals surface area contributed by atoms with Crippen LogP contribution in [0, 0.1) is 0 Å². The number of aliphatic hydroxyl groups is 1. The van der Waals surface area contributed by atoms with Crippen molar-refractivity contribution in [2.75, 3.05) is 26.9 Å². The Morgan fingerprint density at radius 2 is 1.12 bits per heavy atom. The lowest BCUT2D eigenvalue weighted by Crippen LogP contribution is -2.27. The number of aryl methyl sites for hydroxylation is 2. The predicted octanol–water partition coefficient (Wildman–Crippen LogP) is 1.34. The molecule has 2 N–H and O–H groups in total. The second-order valence-electron chi connectivity index (χ2n) is 12.6. The van der Waals surface area contributed by atoms with E-state index < -0.39 is 86.3 Å². The molecule has 0 bridgehead atoms. The minimum atomic E-state index is -6.82. The van der Waals surface area contributed by atoms with Crippen LogP contribution in [0.2, 0.25) is 0 Å². The lowest BCUT2D eigenvalue weighted by atomic mass is 10.1. The number of unbranched alkanes of at least 4 members (excludes halogenated alkanes) is 9. The molecule has 1 fully saturated rings. The first-order valence-corrected chi connectivity index (χ1v) is 27.9. The summed E-state index contributed by atoms with van der Waals surface area (Å²) in [5.41, 5.74) is 0.793. The monoisotopic (exact) mass is 993 g/mol. The molecule has 1 aromatic heterocycles. The molecule has 1 saturated heterocycles. The molecule has 0 aliphatic carbocycles. The second kappa shape index (κ2) is 24.9.